The SMILES string of the molecule is CCN(CC(=O)NC1CCS(=O)(=O)C1)C(C)C(=O)Nc1ccc(F)cc1. The van der Waals surface area contributed by atoms with Crippen molar-refractivity contribution in [2.45, 2.75) is 32.4 Å². The van der Waals surface area contributed by atoms with Crippen molar-refractivity contribution in [1.29, 1.82) is 0 Å². The van der Waals surface area contributed by atoms with Crippen molar-refractivity contribution in [2.24, 2.45) is 0 Å². The van der Waals surface area contributed by atoms with Crippen molar-refractivity contribution >= 4 is 27.3 Å². The van der Waals surface area contributed by atoms with Gasteiger partial charge in [-0.3, -0.25) is 14.5 Å². The zero-order valence-electron chi connectivity index (χ0n) is 14.9. The highest BCUT2D eigenvalue weighted by Gasteiger charge is 2.30. The molecule has 1 saturated heterocycles. The third-order valence-electron chi connectivity index (χ3n) is 4.39. The number of benzene rings is 1. The second-order valence-corrected chi connectivity index (χ2v) is 8.63. The summed E-state index contributed by atoms with van der Waals surface area (Å²) in [5, 5.41) is 5.40. The number of halogens is 1. The van der Waals surface area contributed by atoms with Gasteiger partial charge in [-0.2, -0.15) is 0 Å². The highest BCUT2D eigenvalue weighted by atomic mass is 32.2. The number of hydrogen-bond acceptors (Lipinski definition) is 5. The fourth-order valence-corrected chi connectivity index (χ4v) is 4.51. The molecule has 0 spiro atoms. The Bertz CT molecular complexity index is 752. The van der Waals surface area contributed by atoms with Crippen LogP contribution in [0.2, 0.25) is 0 Å². The fourth-order valence-electron chi connectivity index (χ4n) is 2.83. The maximum absolute atomic E-state index is 12.9. The third kappa shape index (κ3) is 5.77. The van der Waals surface area contributed by atoms with E-state index < -0.39 is 21.7 Å². The highest BCUT2D eigenvalue weighted by molar-refractivity contribution is 7.91. The quantitative estimate of drug-likeness (QED) is 0.723. The van der Waals surface area contributed by atoms with E-state index in [-0.39, 0.29) is 35.9 Å². The minimum absolute atomic E-state index is 0.00888. The summed E-state index contributed by atoms with van der Waals surface area (Å²) >= 11 is 0. The highest BCUT2D eigenvalue weighted by Crippen LogP contribution is 2.12. The van der Waals surface area contributed by atoms with Crippen LogP contribution in [0.15, 0.2) is 24.3 Å². The van der Waals surface area contributed by atoms with Gasteiger partial charge in [0.2, 0.25) is 11.8 Å². The number of carbonyl (C=O) groups excluding carboxylic acids is 2. The largest absolute Gasteiger partial charge is 0.351 e. The first-order valence-electron chi connectivity index (χ1n) is 8.50. The number of nitrogens with one attached hydrogen (secondary N) is 2. The molecular formula is C17H24FN3O4S. The molecule has 0 aromatic heterocycles. The molecule has 7 nitrogen and oxygen atoms in total. The lowest BCUT2D eigenvalue weighted by Crippen LogP contribution is -2.48. The summed E-state index contributed by atoms with van der Waals surface area (Å²) in [7, 11) is -3.06. The Morgan fingerprint density at radius 1 is 1.31 bits per heavy atom. The van der Waals surface area contributed by atoms with Gasteiger partial charge >= 0.3 is 0 Å². The Morgan fingerprint density at radius 2 is 1.96 bits per heavy atom. The maximum atomic E-state index is 12.9. The summed E-state index contributed by atoms with van der Waals surface area (Å²) < 4.78 is 35.8. The van der Waals surface area contributed by atoms with Gasteiger partial charge in [0, 0.05) is 11.7 Å². The summed E-state index contributed by atoms with van der Waals surface area (Å²) in [6.45, 7) is 3.96. The third-order valence-corrected chi connectivity index (χ3v) is 6.16. The Balaban J connectivity index is 1.88. The first-order valence-corrected chi connectivity index (χ1v) is 10.3. The molecule has 1 aliphatic rings. The molecule has 1 heterocycles. The molecule has 9 heteroatoms. The molecule has 1 aromatic carbocycles. The zero-order valence-corrected chi connectivity index (χ0v) is 15.7. The summed E-state index contributed by atoms with van der Waals surface area (Å²) in [6, 6.07) is 4.48. The van der Waals surface area contributed by atoms with E-state index in [1.807, 2.05) is 6.92 Å². The van der Waals surface area contributed by atoms with E-state index in [1.165, 1.54) is 24.3 Å². The Hall–Kier alpha value is -2.00. The number of likely N-dealkylation sites (N-methyl/N-ethyl adjacent to an activating group) is 1. The van der Waals surface area contributed by atoms with Crippen molar-refractivity contribution in [1.82, 2.24) is 10.2 Å². The standard InChI is InChI=1S/C17H24FN3O4S/c1-3-21(10-16(22)19-15-8-9-26(24,25)11-15)12(2)17(23)20-14-6-4-13(18)5-7-14/h4-7,12,15H,3,8-11H2,1-2H3,(H,19,22)(H,20,23). The monoisotopic (exact) mass is 385 g/mol. The van der Waals surface area contributed by atoms with E-state index in [0.29, 0.717) is 18.7 Å². The molecule has 2 N–H and O–H groups in total. The van der Waals surface area contributed by atoms with Crippen LogP contribution in [0.1, 0.15) is 20.3 Å². The van der Waals surface area contributed by atoms with Crippen LogP contribution in [0, 0.1) is 5.82 Å². The van der Waals surface area contributed by atoms with Crippen molar-refractivity contribution in [3.8, 4) is 0 Å². The summed E-state index contributed by atoms with van der Waals surface area (Å²) in [6.07, 6.45) is 0.417. The lowest BCUT2D eigenvalue weighted by atomic mass is 10.2. The van der Waals surface area contributed by atoms with Gasteiger partial charge in [0.25, 0.3) is 0 Å². The van der Waals surface area contributed by atoms with Crippen LogP contribution < -0.4 is 10.6 Å². The first kappa shape index (κ1) is 20.3. The predicted molar refractivity (Wildman–Crippen MR) is 96.9 cm³/mol. The average Bonchev–Trinajstić information content (AvgIpc) is 2.92. The van der Waals surface area contributed by atoms with Crippen LogP contribution >= 0.6 is 0 Å². The summed E-state index contributed by atoms with van der Waals surface area (Å²) in [4.78, 5) is 26.2. The summed E-state index contributed by atoms with van der Waals surface area (Å²) in [5.74, 6) is -0.959. The molecule has 1 fully saturated rings. The normalized spacial score (nSPS) is 19.9. The van der Waals surface area contributed by atoms with Crippen LogP contribution in [-0.2, 0) is 19.4 Å². The Kier molecular flexibility index (Phi) is 6.71. The van der Waals surface area contributed by atoms with Gasteiger partial charge in [-0.05, 0) is 44.2 Å². The van der Waals surface area contributed by atoms with Gasteiger partial charge in [0.15, 0.2) is 9.84 Å². The topological polar surface area (TPSA) is 95.6 Å². The first-order chi connectivity index (χ1) is 12.2. The molecule has 144 valence electrons. The van der Waals surface area contributed by atoms with E-state index in [9.17, 15) is 22.4 Å². The van der Waals surface area contributed by atoms with Crippen LogP contribution in [-0.4, -0.2) is 61.8 Å². The molecule has 0 saturated carbocycles. The fraction of sp³-hybridized carbons (Fsp3) is 0.529. The van der Waals surface area contributed by atoms with Gasteiger partial charge in [-0.1, -0.05) is 6.92 Å². The van der Waals surface area contributed by atoms with Crippen molar-refractivity contribution in [3.63, 3.8) is 0 Å². The van der Waals surface area contributed by atoms with Crippen molar-refractivity contribution in [3.05, 3.63) is 30.1 Å². The lowest BCUT2D eigenvalue weighted by Gasteiger charge is -2.26. The molecule has 0 bridgehead atoms. The number of nitrogens with zero attached hydrogens (tertiary/aromatic N) is 1. The van der Waals surface area contributed by atoms with Gasteiger partial charge in [-0.15, -0.1) is 0 Å². The predicted octanol–water partition coefficient (Wildman–Crippen LogP) is 0.778. The number of rotatable bonds is 7. The van der Waals surface area contributed by atoms with E-state index in [0.717, 1.165) is 0 Å². The molecule has 2 unspecified atom stereocenters. The van der Waals surface area contributed by atoms with Gasteiger partial charge < -0.3 is 10.6 Å². The minimum Gasteiger partial charge on any atom is -0.351 e. The minimum atomic E-state index is -3.06. The van der Waals surface area contributed by atoms with Crippen LogP contribution in [0.4, 0.5) is 10.1 Å². The number of hydrogen-bond donors (Lipinski definition) is 2. The summed E-state index contributed by atoms with van der Waals surface area (Å²) in [5.41, 5.74) is 0.472. The van der Waals surface area contributed by atoms with Gasteiger partial charge in [0.1, 0.15) is 5.82 Å². The smallest absolute Gasteiger partial charge is 0.241 e. The second kappa shape index (κ2) is 8.59. The van der Waals surface area contributed by atoms with Crippen LogP contribution in [0.25, 0.3) is 0 Å². The van der Waals surface area contributed by atoms with E-state index in [4.69, 9.17) is 0 Å². The number of carbonyl (C=O) groups is 2. The van der Waals surface area contributed by atoms with Crippen molar-refractivity contribution < 1.29 is 22.4 Å². The zero-order chi connectivity index (χ0) is 19.3. The number of sulfone groups is 1. The number of anilines is 1. The molecule has 1 aliphatic heterocycles. The van der Waals surface area contributed by atoms with Crippen LogP contribution in [0.3, 0.4) is 0 Å². The van der Waals surface area contributed by atoms with E-state index >= 15 is 0 Å². The molecular weight excluding hydrogens is 361 g/mol. The second-order valence-electron chi connectivity index (χ2n) is 6.40. The molecule has 1 aromatic rings. The van der Waals surface area contributed by atoms with Crippen molar-refractivity contribution in [2.75, 3.05) is 29.9 Å². The Morgan fingerprint density at radius 3 is 2.50 bits per heavy atom. The Labute approximate surface area is 152 Å². The maximum Gasteiger partial charge on any atom is 0.241 e. The molecule has 0 radical (unpaired) electrons. The van der Waals surface area contributed by atoms with Gasteiger partial charge in [0.05, 0.1) is 24.1 Å². The van der Waals surface area contributed by atoms with E-state index in [2.05, 4.69) is 10.6 Å². The molecule has 2 rings (SSSR count). The van der Waals surface area contributed by atoms with E-state index in [1.54, 1.807) is 11.8 Å². The molecule has 2 amide bonds. The molecule has 0 aliphatic carbocycles. The molecule has 2 atom stereocenters. The molecule has 26 heavy (non-hydrogen) atoms. The van der Waals surface area contributed by atoms with Gasteiger partial charge in [-0.25, -0.2) is 12.8 Å². The van der Waals surface area contributed by atoms with Crippen LogP contribution in [0.5, 0.6) is 0 Å². The average molecular weight is 385 g/mol. The lowest BCUT2D eigenvalue weighted by molar-refractivity contribution is -0.125. The number of amides is 2.